The van der Waals surface area contributed by atoms with Gasteiger partial charge in [0.2, 0.25) is 0 Å². The SMILES string of the molecule is CNC(=O)c1ccc([S+](C)O)cc1Nc1cc(Nc2cn(C)nc2C)ncc1C(F)(F)F. The van der Waals surface area contributed by atoms with E-state index in [0.29, 0.717) is 16.3 Å². The van der Waals surface area contributed by atoms with Gasteiger partial charge in [0, 0.05) is 38.6 Å². The zero-order valence-electron chi connectivity index (χ0n) is 17.7. The molecule has 0 aliphatic rings. The van der Waals surface area contributed by atoms with Crippen molar-refractivity contribution in [1.82, 2.24) is 20.1 Å². The van der Waals surface area contributed by atoms with Gasteiger partial charge in [0.15, 0.2) is 16.1 Å². The predicted octanol–water partition coefficient (Wildman–Crippen LogP) is 4.07. The van der Waals surface area contributed by atoms with Gasteiger partial charge < -0.3 is 16.0 Å². The maximum absolute atomic E-state index is 13.7. The number of anilines is 4. The van der Waals surface area contributed by atoms with Crippen LogP contribution in [0.5, 0.6) is 0 Å². The van der Waals surface area contributed by atoms with E-state index in [-0.39, 0.29) is 22.8 Å². The number of carbonyl (C=O) groups excluding carboxylic acids is 1. The molecule has 32 heavy (non-hydrogen) atoms. The number of halogens is 3. The molecule has 8 nitrogen and oxygen atoms in total. The molecule has 170 valence electrons. The molecule has 1 unspecified atom stereocenters. The second kappa shape index (κ2) is 9.09. The minimum Gasteiger partial charge on any atom is -0.355 e. The summed E-state index contributed by atoms with van der Waals surface area (Å²) >= 11 is -1.15. The van der Waals surface area contributed by atoms with Crippen molar-refractivity contribution in [2.75, 3.05) is 23.9 Å². The summed E-state index contributed by atoms with van der Waals surface area (Å²) in [7, 11) is 3.14. The lowest BCUT2D eigenvalue weighted by Gasteiger charge is -2.17. The van der Waals surface area contributed by atoms with Crippen molar-refractivity contribution in [2.24, 2.45) is 7.05 Å². The number of hydrogen-bond acceptors (Lipinski definition) is 6. The van der Waals surface area contributed by atoms with E-state index in [4.69, 9.17) is 0 Å². The smallest absolute Gasteiger partial charge is 0.355 e. The highest BCUT2D eigenvalue weighted by Crippen LogP contribution is 2.38. The minimum atomic E-state index is -4.69. The van der Waals surface area contributed by atoms with Crippen molar-refractivity contribution >= 4 is 40.0 Å². The van der Waals surface area contributed by atoms with Crippen LogP contribution in [0.3, 0.4) is 0 Å². The fourth-order valence-corrected chi connectivity index (χ4v) is 3.56. The molecule has 2 heterocycles. The Bertz CT molecular complexity index is 1150. The van der Waals surface area contributed by atoms with Crippen LogP contribution in [0.25, 0.3) is 0 Å². The van der Waals surface area contributed by atoms with E-state index in [0.717, 1.165) is 6.20 Å². The fraction of sp³-hybridized carbons (Fsp3) is 0.250. The Kier molecular flexibility index (Phi) is 6.65. The number of nitrogens with one attached hydrogen (secondary N) is 3. The lowest BCUT2D eigenvalue weighted by atomic mass is 10.1. The Morgan fingerprint density at radius 1 is 1.16 bits per heavy atom. The van der Waals surface area contributed by atoms with Gasteiger partial charge in [-0.3, -0.25) is 9.48 Å². The minimum absolute atomic E-state index is 0.121. The molecule has 3 aromatic rings. The van der Waals surface area contributed by atoms with Crippen molar-refractivity contribution < 1.29 is 22.5 Å². The molecule has 0 aliphatic carbocycles. The first-order chi connectivity index (χ1) is 15.0. The quantitative estimate of drug-likeness (QED) is 0.408. The van der Waals surface area contributed by atoms with E-state index in [1.54, 1.807) is 37.2 Å². The number of aryl methyl sites for hydroxylation is 2. The zero-order valence-corrected chi connectivity index (χ0v) is 18.5. The molecule has 0 spiro atoms. The summed E-state index contributed by atoms with van der Waals surface area (Å²) in [5, 5.41) is 12.3. The molecular weight excluding hydrogens is 445 g/mol. The van der Waals surface area contributed by atoms with Crippen molar-refractivity contribution in [2.45, 2.75) is 18.0 Å². The summed E-state index contributed by atoms with van der Waals surface area (Å²) in [4.78, 5) is 16.6. The molecule has 2 aromatic heterocycles. The zero-order chi connectivity index (χ0) is 23.6. The molecule has 0 saturated heterocycles. The largest absolute Gasteiger partial charge is 0.419 e. The van der Waals surface area contributed by atoms with Crippen LogP contribution >= 0.6 is 0 Å². The standard InChI is InChI=1S/C20H21F3N6O2S/c1-11-17(10-29(3)28-11)27-18-8-16(14(9-25-18)20(21,22)23)26-15-7-12(32(4)31)5-6-13(15)19(30)24-2/h5-10,31H,1-4H3,(H2-,24,25,26,27,30)/p+1. The first-order valence-corrected chi connectivity index (χ1v) is 10.9. The van der Waals surface area contributed by atoms with Crippen LogP contribution in [0.4, 0.5) is 36.1 Å². The van der Waals surface area contributed by atoms with Gasteiger partial charge in [-0.2, -0.15) is 22.8 Å². The van der Waals surface area contributed by atoms with E-state index >= 15 is 0 Å². The maximum Gasteiger partial charge on any atom is 0.419 e. The number of carbonyl (C=O) groups is 1. The predicted molar refractivity (Wildman–Crippen MR) is 118 cm³/mol. The number of benzene rings is 1. The number of rotatable bonds is 6. The summed E-state index contributed by atoms with van der Waals surface area (Å²) in [6.07, 6.45) is -0.742. The molecule has 0 fully saturated rings. The van der Waals surface area contributed by atoms with Crippen LogP contribution < -0.4 is 16.0 Å². The molecule has 0 bridgehead atoms. The highest BCUT2D eigenvalue weighted by Gasteiger charge is 2.35. The van der Waals surface area contributed by atoms with Gasteiger partial charge >= 0.3 is 6.18 Å². The van der Waals surface area contributed by atoms with Gasteiger partial charge in [0.05, 0.1) is 33.9 Å². The van der Waals surface area contributed by atoms with Crippen LogP contribution in [0.15, 0.2) is 41.6 Å². The summed E-state index contributed by atoms with van der Waals surface area (Å²) in [5.41, 5.74) is 0.191. The average molecular weight is 467 g/mol. The topological polar surface area (TPSA) is 104 Å². The number of pyridine rings is 1. The van der Waals surface area contributed by atoms with Crippen molar-refractivity contribution in [3.63, 3.8) is 0 Å². The number of amides is 1. The van der Waals surface area contributed by atoms with Gasteiger partial charge in [-0.1, -0.05) is 0 Å². The van der Waals surface area contributed by atoms with Crippen molar-refractivity contribution in [1.29, 1.82) is 0 Å². The second-order valence-electron chi connectivity index (χ2n) is 6.93. The second-order valence-corrected chi connectivity index (χ2v) is 8.36. The van der Waals surface area contributed by atoms with Crippen LogP contribution in [0.2, 0.25) is 0 Å². The summed E-state index contributed by atoms with van der Waals surface area (Å²) in [5.74, 6) is -0.327. The monoisotopic (exact) mass is 467 g/mol. The third-order valence-electron chi connectivity index (χ3n) is 4.56. The number of aromatic nitrogens is 3. The molecular formula is C20H22F3N6O2S+. The molecule has 0 saturated carbocycles. The number of hydrogen-bond donors (Lipinski definition) is 4. The highest BCUT2D eigenvalue weighted by atomic mass is 32.2. The molecule has 0 radical (unpaired) electrons. The molecule has 0 aliphatic heterocycles. The number of alkyl halides is 3. The average Bonchev–Trinajstić information content (AvgIpc) is 3.03. The lowest BCUT2D eigenvalue weighted by molar-refractivity contribution is -0.137. The van der Waals surface area contributed by atoms with Gasteiger partial charge in [-0.25, -0.2) is 4.98 Å². The maximum atomic E-state index is 13.7. The normalized spacial score (nSPS) is 12.4. The van der Waals surface area contributed by atoms with Crippen molar-refractivity contribution in [3.05, 3.63) is 53.5 Å². The lowest BCUT2D eigenvalue weighted by Crippen LogP contribution is -2.20. The van der Waals surface area contributed by atoms with Gasteiger partial charge in [0.1, 0.15) is 12.1 Å². The van der Waals surface area contributed by atoms with E-state index in [1.807, 2.05) is 0 Å². The summed E-state index contributed by atoms with van der Waals surface area (Å²) in [6, 6.07) is 5.66. The molecule has 12 heteroatoms. The van der Waals surface area contributed by atoms with Gasteiger partial charge in [-0.15, -0.1) is 0 Å². The Morgan fingerprint density at radius 3 is 2.44 bits per heavy atom. The summed E-state index contributed by atoms with van der Waals surface area (Å²) in [6.45, 7) is 1.75. The van der Waals surface area contributed by atoms with E-state index < -0.39 is 28.8 Å². The molecule has 4 N–H and O–H groups in total. The van der Waals surface area contributed by atoms with Crippen LogP contribution in [-0.4, -0.2) is 38.5 Å². The first-order valence-electron chi connectivity index (χ1n) is 9.32. The van der Waals surface area contributed by atoms with E-state index in [9.17, 15) is 22.5 Å². The summed E-state index contributed by atoms with van der Waals surface area (Å²) < 4.78 is 52.5. The van der Waals surface area contributed by atoms with E-state index in [2.05, 4.69) is 26.0 Å². The van der Waals surface area contributed by atoms with Gasteiger partial charge in [0.25, 0.3) is 5.91 Å². The van der Waals surface area contributed by atoms with Gasteiger partial charge in [-0.05, 0) is 19.1 Å². The first kappa shape index (κ1) is 23.4. The Hall–Kier alpha value is -3.25. The molecule has 1 amide bonds. The molecule has 1 atom stereocenters. The highest BCUT2D eigenvalue weighted by molar-refractivity contribution is 7.90. The Balaban J connectivity index is 2.08. The molecule has 3 rings (SSSR count). The molecule has 1 aromatic carbocycles. The Labute approximate surface area is 185 Å². The van der Waals surface area contributed by atoms with Crippen LogP contribution in [0.1, 0.15) is 21.6 Å². The third kappa shape index (κ3) is 5.14. The fourth-order valence-electron chi connectivity index (χ4n) is 3.00. The van der Waals surface area contributed by atoms with E-state index in [1.165, 1.54) is 25.2 Å². The van der Waals surface area contributed by atoms with Crippen molar-refractivity contribution in [3.8, 4) is 0 Å². The van der Waals surface area contributed by atoms with Crippen LogP contribution in [0, 0.1) is 6.92 Å². The Morgan fingerprint density at radius 2 is 1.88 bits per heavy atom. The number of nitrogens with zero attached hydrogens (tertiary/aromatic N) is 3. The van der Waals surface area contributed by atoms with Crippen LogP contribution in [-0.2, 0) is 24.4 Å². The third-order valence-corrected chi connectivity index (χ3v) is 5.49.